The van der Waals surface area contributed by atoms with Gasteiger partial charge in [-0.3, -0.25) is 9.97 Å². The van der Waals surface area contributed by atoms with Crippen molar-refractivity contribution in [2.75, 3.05) is 37.8 Å². The number of hydrogen-bond acceptors (Lipinski definition) is 7. The van der Waals surface area contributed by atoms with E-state index in [9.17, 15) is 0 Å². The third-order valence-electron chi connectivity index (χ3n) is 3.67. The van der Waals surface area contributed by atoms with Crippen LogP contribution in [-0.4, -0.2) is 52.0 Å². The maximum atomic E-state index is 4.60. The van der Waals surface area contributed by atoms with E-state index in [0.29, 0.717) is 12.5 Å². The van der Waals surface area contributed by atoms with E-state index in [-0.39, 0.29) is 0 Å². The highest BCUT2D eigenvalue weighted by Gasteiger charge is 2.08. The molecule has 26 heavy (non-hydrogen) atoms. The van der Waals surface area contributed by atoms with E-state index < -0.39 is 0 Å². The summed E-state index contributed by atoms with van der Waals surface area (Å²) >= 11 is 0. The number of likely N-dealkylation sites (N-methyl/N-ethyl adjacent to an activating group) is 1. The van der Waals surface area contributed by atoms with Crippen molar-refractivity contribution < 1.29 is 0 Å². The van der Waals surface area contributed by atoms with Crippen LogP contribution >= 0.6 is 0 Å². The van der Waals surface area contributed by atoms with Crippen molar-refractivity contribution in [2.45, 2.75) is 6.54 Å². The Bertz CT molecular complexity index is 807. The Morgan fingerprint density at radius 2 is 1.69 bits per heavy atom. The van der Waals surface area contributed by atoms with Gasteiger partial charge in [0.2, 0.25) is 5.95 Å². The molecule has 0 aliphatic rings. The predicted molar refractivity (Wildman–Crippen MR) is 104 cm³/mol. The predicted octanol–water partition coefficient (Wildman–Crippen LogP) is 2.52. The molecule has 3 rings (SSSR count). The van der Waals surface area contributed by atoms with Crippen LogP contribution in [0.1, 0.15) is 5.69 Å². The molecular weight excluding hydrogens is 326 g/mol. The monoisotopic (exact) mass is 349 g/mol. The lowest BCUT2D eigenvalue weighted by Gasteiger charge is -2.13. The Labute approximate surface area is 153 Å². The van der Waals surface area contributed by atoms with Gasteiger partial charge in [0, 0.05) is 31.5 Å². The third kappa shape index (κ3) is 5.22. The molecule has 0 unspecified atom stereocenters. The quantitative estimate of drug-likeness (QED) is 0.647. The van der Waals surface area contributed by atoms with Gasteiger partial charge in [0.05, 0.1) is 23.6 Å². The van der Waals surface area contributed by atoms with Gasteiger partial charge in [0.1, 0.15) is 5.82 Å². The fraction of sp³-hybridized carbons (Fsp3) is 0.263. The van der Waals surface area contributed by atoms with Crippen LogP contribution in [-0.2, 0) is 6.54 Å². The summed E-state index contributed by atoms with van der Waals surface area (Å²) in [6.45, 7) is 2.25. The number of anilines is 2. The van der Waals surface area contributed by atoms with E-state index in [4.69, 9.17) is 0 Å². The van der Waals surface area contributed by atoms with E-state index >= 15 is 0 Å². The van der Waals surface area contributed by atoms with Crippen LogP contribution in [0.4, 0.5) is 11.8 Å². The van der Waals surface area contributed by atoms with Crippen molar-refractivity contribution in [2.24, 2.45) is 0 Å². The van der Waals surface area contributed by atoms with Crippen LogP contribution < -0.4 is 10.6 Å². The summed E-state index contributed by atoms with van der Waals surface area (Å²) in [4.78, 5) is 20.0. The number of pyridine rings is 2. The van der Waals surface area contributed by atoms with Crippen LogP contribution in [0.25, 0.3) is 11.4 Å². The van der Waals surface area contributed by atoms with Gasteiger partial charge in [-0.1, -0.05) is 12.1 Å². The van der Waals surface area contributed by atoms with Gasteiger partial charge in [0.25, 0.3) is 0 Å². The molecule has 0 aromatic carbocycles. The molecule has 7 nitrogen and oxygen atoms in total. The van der Waals surface area contributed by atoms with Crippen molar-refractivity contribution in [1.29, 1.82) is 0 Å². The molecule has 0 fully saturated rings. The summed E-state index contributed by atoms with van der Waals surface area (Å²) in [7, 11) is 4.07. The highest BCUT2D eigenvalue weighted by atomic mass is 15.2. The first kappa shape index (κ1) is 17.8. The van der Waals surface area contributed by atoms with E-state index in [1.54, 1.807) is 12.4 Å². The molecule has 0 radical (unpaired) electrons. The molecule has 134 valence electrons. The van der Waals surface area contributed by atoms with Crippen molar-refractivity contribution >= 4 is 11.8 Å². The summed E-state index contributed by atoms with van der Waals surface area (Å²) in [6, 6.07) is 13.5. The van der Waals surface area contributed by atoms with Gasteiger partial charge >= 0.3 is 0 Å². The molecule has 3 heterocycles. The zero-order chi connectivity index (χ0) is 18.2. The summed E-state index contributed by atoms with van der Waals surface area (Å²) in [5, 5.41) is 6.60. The van der Waals surface area contributed by atoms with Crippen molar-refractivity contribution in [1.82, 2.24) is 24.8 Å². The number of rotatable bonds is 8. The van der Waals surface area contributed by atoms with Crippen LogP contribution in [0.2, 0.25) is 0 Å². The average Bonchev–Trinajstić information content (AvgIpc) is 2.67. The first-order chi connectivity index (χ1) is 12.7. The Hall–Kier alpha value is -3.06. The number of nitrogens with one attached hydrogen (secondary N) is 2. The number of aromatic nitrogens is 4. The Balaban J connectivity index is 1.80. The molecule has 7 heteroatoms. The third-order valence-corrected chi connectivity index (χ3v) is 3.67. The van der Waals surface area contributed by atoms with Crippen molar-refractivity contribution in [3.63, 3.8) is 0 Å². The van der Waals surface area contributed by atoms with Gasteiger partial charge < -0.3 is 15.5 Å². The molecule has 0 bridgehead atoms. The molecule has 0 saturated carbocycles. The molecule has 0 aliphatic heterocycles. The molecule has 3 aromatic heterocycles. The summed E-state index contributed by atoms with van der Waals surface area (Å²) < 4.78 is 0. The Kier molecular flexibility index (Phi) is 6.05. The fourth-order valence-corrected chi connectivity index (χ4v) is 2.34. The van der Waals surface area contributed by atoms with Gasteiger partial charge in [-0.15, -0.1) is 0 Å². The molecule has 2 N–H and O–H groups in total. The lowest BCUT2D eigenvalue weighted by Crippen LogP contribution is -2.21. The minimum Gasteiger partial charge on any atom is -0.364 e. The van der Waals surface area contributed by atoms with Crippen molar-refractivity contribution in [3.05, 3.63) is 60.6 Å². The highest BCUT2D eigenvalue weighted by Crippen LogP contribution is 2.19. The summed E-state index contributed by atoms with van der Waals surface area (Å²) in [5.41, 5.74) is 2.54. The second-order valence-electron chi connectivity index (χ2n) is 6.08. The summed E-state index contributed by atoms with van der Waals surface area (Å²) in [6.07, 6.45) is 3.54. The molecule has 0 aliphatic carbocycles. The standard InChI is InChI=1S/C19H23N7/c1-26(2)12-11-22-19-24-17(16-8-4-6-10-21-16)13-18(25-19)23-14-15-7-3-5-9-20-15/h3-10,13H,11-12,14H2,1-2H3,(H2,22,23,24,25). The number of hydrogen-bond donors (Lipinski definition) is 2. The Morgan fingerprint density at radius 3 is 2.38 bits per heavy atom. The van der Waals surface area contributed by atoms with Crippen LogP contribution in [0.5, 0.6) is 0 Å². The molecular formula is C19H23N7. The van der Waals surface area contributed by atoms with E-state index in [1.165, 1.54) is 0 Å². The van der Waals surface area contributed by atoms with Crippen LogP contribution in [0, 0.1) is 0 Å². The SMILES string of the molecule is CN(C)CCNc1nc(NCc2ccccn2)cc(-c2ccccn2)n1. The summed E-state index contributed by atoms with van der Waals surface area (Å²) in [5.74, 6) is 1.32. The van der Waals surface area contributed by atoms with Crippen LogP contribution in [0.3, 0.4) is 0 Å². The van der Waals surface area contributed by atoms with Crippen molar-refractivity contribution in [3.8, 4) is 11.4 Å². The largest absolute Gasteiger partial charge is 0.364 e. The first-order valence-corrected chi connectivity index (χ1v) is 8.53. The molecule has 0 amide bonds. The molecule has 3 aromatic rings. The Morgan fingerprint density at radius 1 is 0.885 bits per heavy atom. The van der Waals surface area contributed by atoms with Gasteiger partial charge in [-0.05, 0) is 38.4 Å². The topological polar surface area (TPSA) is 78.9 Å². The lowest BCUT2D eigenvalue weighted by atomic mass is 10.2. The van der Waals surface area contributed by atoms with Gasteiger partial charge in [0.15, 0.2) is 0 Å². The van der Waals surface area contributed by atoms with E-state index in [0.717, 1.165) is 36.0 Å². The maximum absolute atomic E-state index is 4.60. The van der Waals surface area contributed by atoms with Gasteiger partial charge in [-0.25, -0.2) is 4.98 Å². The second kappa shape index (κ2) is 8.87. The normalized spacial score (nSPS) is 10.7. The van der Waals surface area contributed by atoms with E-state index in [1.807, 2.05) is 56.6 Å². The molecule has 0 spiro atoms. The van der Waals surface area contributed by atoms with Crippen LogP contribution in [0.15, 0.2) is 54.9 Å². The molecule has 0 atom stereocenters. The minimum atomic E-state index is 0.582. The van der Waals surface area contributed by atoms with Gasteiger partial charge in [-0.2, -0.15) is 4.98 Å². The lowest BCUT2D eigenvalue weighted by molar-refractivity contribution is 0.425. The minimum absolute atomic E-state index is 0.582. The second-order valence-corrected chi connectivity index (χ2v) is 6.08. The first-order valence-electron chi connectivity index (χ1n) is 8.53. The molecule has 0 saturated heterocycles. The smallest absolute Gasteiger partial charge is 0.225 e. The fourth-order valence-electron chi connectivity index (χ4n) is 2.34. The van der Waals surface area contributed by atoms with E-state index in [2.05, 4.69) is 35.5 Å². The zero-order valence-electron chi connectivity index (χ0n) is 15.1. The zero-order valence-corrected chi connectivity index (χ0v) is 15.1. The highest BCUT2D eigenvalue weighted by molar-refractivity contribution is 5.60. The average molecular weight is 349 g/mol. The number of nitrogens with zero attached hydrogens (tertiary/aromatic N) is 5. The maximum Gasteiger partial charge on any atom is 0.225 e.